The maximum atomic E-state index is 10.4. The first kappa shape index (κ1) is 9.93. The smallest absolute Gasteiger partial charge is 0.150 e. The number of aliphatic hydroxyl groups excluding tert-OH is 1. The molecule has 0 aromatic heterocycles. The van der Waals surface area contributed by atoms with Crippen LogP contribution in [0.15, 0.2) is 24.3 Å². The average molecular weight is 178 g/mol. The van der Waals surface area contributed by atoms with E-state index >= 15 is 0 Å². The maximum Gasteiger partial charge on any atom is 0.150 e. The molecule has 0 fully saturated rings. The zero-order valence-corrected chi connectivity index (χ0v) is 7.95. The summed E-state index contributed by atoms with van der Waals surface area (Å²) in [6.07, 6.45) is 0.815. The van der Waals surface area contributed by atoms with E-state index in [0.29, 0.717) is 5.56 Å². The molecule has 0 aliphatic rings. The molecule has 0 atom stereocenters. The molecule has 13 heavy (non-hydrogen) atoms. The summed E-state index contributed by atoms with van der Waals surface area (Å²) in [7, 11) is 0. The summed E-state index contributed by atoms with van der Waals surface area (Å²) >= 11 is 0. The number of carbonyl (C=O) groups is 1. The fourth-order valence-corrected chi connectivity index (χ4v) is 1.10. The van der Waals surface area contributed by atoms with Gasteiger partial charge in [0.25, 0.3) is 0 Å². The van der Waals surface area contributed by atoms with Gasteiger partial charge >= 0.3 is 0 Å². The molecule has 1 rings (SSSR count). The fourth-order valence-electron chi connectivity index (χ4n) is 1.10. The van der Waals surface area contributed by atoms with Crippen molar-refractivity contribution in [2.45, 2.75) is 19.3 Å². The number of aliphatic hydroxyl groups is 1. The van der Waals surface area contributed by atoms with E-state index < -0.39 is 0 Å². The van der Waals surface area contributed by atoms with Crippen LogP contribution in [0.25, 0.3) is 0 Å². The summed E-state index contributed by atoms with van der Waals surface area (Å²) in [6.45, 7) is 4.03. The molecule has 1 N–H and O–H groups in total. The zero-order chi connectivity index (χ0) is 9.90. The first-order valence-electron chi connectivity index (χ1n) is 4.27. The van der Waals surface area contributed by atoms with E-state index in [-0.39, 0.29) is 12.0 Å². The van der Waals surface area contributed by atoms with Crippen molar-refractivity contribution in [2.24, 2.45) is 0 Å². The van der Waals surface area contributed by atoms with Gasteiger partial charge in [-0.05, 0) is 5.56 Å². The topological polar surface area (TPSA) is 37.3 Å². The monoisotopic (exact) mass is 178 g/mol. The van der Waals surface area contributed by atoms with Crippen molar-refractivity contribution < 1.29 is 9.90 Å². The first-order valence-corrected chi connectivity index (χ1v) is 4.27. The standard InChI is InChI=1S/C11H14O2/c1-11(2,8-13)10-5-3-9(7-12)4-6-10/h3-7,13H,8H2,1-2H3. The van der Waals surface area contributed by atoms with Crippen molar-refractivity contribution in [1.29, 1.82) is 0 Å². The average Bonchev–Trinajstić information content (AvgIpc) is 2.18. The number of rotatable bonds is 3. The van der Waals surface area contributed by atoms with E-state index in [2.05, 4.69) is 0 Å². The van der Waals surface area contributed by atoms with Crippen LogP contribution in [0.1, 0.15) is 29.8 Å². The maximum absolute atomic E-state index is 10.4. The van der Waals surface area contributed by atoms with Gasteiger partial charge in [0.15, 0.2) is 0 Å². The molecule has 0 unspecified atom stereocenters. The third-order valence-electron chi connectivity index (χ3n) is 2.22. The van der Waals surface area contributed by atoms with E-state index in [0.717, 1.165) is 11.8 Å². The second kappa shape index (κ2) is 3.71. The van der Waals surface area contributed by atoms with Gasteiger partial charge in [0.05, 0.1) is 6.61 Å². The number of hydrogen-bond donors (Lipinski definition) is 1. The lowest BCUT2D eigenvalue weighted by Gasteiger charge is -2.21. The Bertz CT molecular complexity index is 285. The van der Waals surface area contributed by atoms with Crippen molar-refractivity contribution in [3.05, 3.63) is 35.4 Å². The molecule has 0 heterocycles. The second-order valence-electron chi connectivity index (χ2n) is 3.78. The van der Waals surface area contributed by atoms with Gasteiger partial charge in [-0.1, -0.05) is 38.1 Å². The molecule has 0 aliphatic carbocycles. The largest absolute Gasteiger partial charge is 0.395 e. The van der Waals surface area contributed by atoms with E-state index in [4.69, 9.17) is 5.11 Å². The minimum Gasteiger partial charge on any atom is -0.395 e. The number of benzene rings is 1. The highest BCUT2D eigenvalue weighted by atomic mass is 16.3. The van der Waals surface area contributed by atoms with Gasteiger partial charge in [0.1, 0.15) is 6.29 Å². The minimum atomic E-state index is -0.235. The Morgan fingerprint density at radius 2 is 1.85 bits per heavy atom. The summed E-state index contributed by atoms with van der Waals surface area (Å²) in [6, 6.07) is 7.28. The molecule has 2 heteroatoms. The number of hydrogen-bond acceptors (Lipinski definition) is 2. The molecule has 2 nitrogen and oxygen atoms in total. The van der Waals surface area contributed by atoms with Crippen LogP contribution in [0.5, 0.6) is 0 Å². The van der Waals surface area contributed by atoms with Crippen molar-refractivity contribution in [3.63, 3.8) is 0 Å². The Hall–Kier alpha value is -1.15. The zero-order valence-electron chi connectivity index (χ0n) is 7.95. The highest BCUT2D eigenvalue weighted by Gasteiger charge is 2.18. The SMILES string of the molecule is CC(C)(CO)c1ccc(C=O)cc1. The lowest BCUT2D eigenvalue weighted by Crippen LogP contribution is -2.21. The van der Waals surface area contributed by atoms with Crippen molar-refractivity contribution >= 4 is 6.29 Å². The molecule has 0 radical (unpaired) electrons. The summed E-state index contributed by atoms with van der Waals surface area (Å²) in [5.41, 5.74) is 1.47. The van der Waals surface area contributed by atoms with Gasteiger partial charge in [0.2, 0.25) is 0 Å². The summed E-state index contributed by atoms with van der Waals surface area (Å²) in [5.74, 6) is 0. The minimum absolute atomic E-state index is 0.105. The Morgan fingerprint density at radius 1 is 1.31 bits per heavy atom. The normalized spacial score (nSPS) is 11.3. The lowest BCUT2D eigenvalue weighted by molar-refractivity contribution is 0.112. The lowest BCUT2D eigenvalue weighted by atomic mass is 9.85. The molecule has 0 amide bonds. The van der Waals surface area contributed by atoms with Crippen LogP contribution in [0.4, 0.5) is 0 Å². The molecule has 0 saturated carbocycles. The van der Waals surface area contributed by atoms with E-state index in [1.54, 1.807) is 12.1 Å². The number of aldehydes is 1. The molecule has 0 saturated heterocycles. The van der Waals surface area contributed by atoms with Gasteiger partial charge in [-0.3, -0.25) is 4.79 Å². The second-order valence-corrected chi connectivity index (χ2v) is 3.78. The first-order chi connectivity index (χ1) is 6.10. The van der Waals surface area contributed by atoms with Crippen molar-refractivity contribution in [2.75, 3.05) is 6.61 Å². The molecular formula is C11H14O2. The Kier molecular flexibility index (Phi) is 2.83. The van der Waals surface area contributed by atoms with Crippen LogP contribution in [-0.4, -0.2) is 18.0 Å². The van der Waals surface area contributed by atoms with Crippen LogP contribution in [-0.2, 0) is 5.41 Å². The molecule has 1 aromatic rings. The molecule has 0 spiro atoms. The van der Waals surface area contributed by atoms with Gasteiger partial charge < -0.3 is 5.11 Å². The van der Waals surface area contributed by atoms with Crippen LogP contribution >= 0.6 is 0 Å². The summed E-state index contributed by atoms with van der Waals surface area (Å²) < 4.78 is 0. The van der Waals surface area contributed by atoms with Crippen molar-refractivity contribution in [1.82, 2.24) is 0 Å². The molecule has 0 aliphatic heterocycles. The summed E-state index contributed by atoms with van der Waals surface area (Å²) in [4.78, 5) is 10.4. The van der Waals surface area contributed by atoms with Crippen LogP contribution in [0, 0.1) is 0 Å². The van der Waals surface area contributed by atoms with E-state index in [1.165, 1.54) is 0 Å². The predicted molar refractivity (Wildman–Crippen MR) is 51.9 cm³/mol. The molecule has 70 valence electrons. The Balaban J connectivity index is 2.98. The third kappa shape index (κ3) is 2.16. The molecule has 0 bridgehead atoms. The fraction of sp³-hybridized carbons (Fsp3) is 0.364. The van der Waals surface area contributed by atoms with Crippen LogP contribution in [0.3, 0.4) is 0 Å². The van der Waals surface area contributed by atoms with Crippen LogP contribution in [0.2, 0.25) is 0 Å². The van der Waals surface area contributed by atoms with Crippen LogP contribution < -0.4 is 0 Å². The van der Waals surface area contributed by atoms with Gasteiger partial charge in [-0.15, -0.1) is 0 Å². The quantitative estimate of drug-likeness (QED) is 0.716. The van der Waals surface area contributed by atoms with Gasteiger partial charge in [-0.2, -0.15) is 0 Å². The summed E-state index contributed by atoms with van der Waals surface area (Å²) in [5, 5.41) is 9.10. The van der Waals surface area contributed by atoms with Crippen molar-refractivity contribution in [3.8, 4) is 0 Å². The highest BCUT2D eigenvalue weighted by molar-refractivity contribution is 5.74. The number of carbonyl (C=O) groups excluding carboxylic acids is 1. The Morgan fingerprint density at radius 3 is 2.23 bits per heavy atom. The van der Waals surface area contributed by atoms with E-state index in [9.17, 15) is 4.79 Å². The van der Waals surface area contributed by atoms with Gasteiger partial charge in [0, 0.05) is 11.0 Å². The highest BCUT2D eigenvalue weighted by Crippen LogP contribution is 2.22. The van der Waals surface area contributed by atoms with Gasteiger partial charge in [-0.25, -0.2) is 0 Å². The predicted octanol–water partition coefficient (Wildman–Crippen LogP) is 1.77. The molecular weight excluding hydrogens is 164 g/mol. The third-order valence-corrected chi connectivity index (χ3v) is 2.22. The van der Waals surface area contributed by atoms with E-state index in [1.807, 2.05) is 26.0 Å². The molecule has 1 aromatic carbocycles. The Labute approximate surface area is 78.2 Å².